The maximum Gasteiger partial charge on any atom is 0.263 e. The van der Waals surface area contributed by atoms with Crippen LogP contribution in [0.4, 0.5) is 8.78 Å². The molecule has 1 saturated carbocycles. The Labute approximate surface area is 188 Å². The fourth-order valence-electron chi connectivity index (χ4n) is 4.72. The number of halogens is 3. The molecular weight excluding hydrogens is 440 g/mol. The van der Waals surface area contributed by atoms with Crippen molar-refractivity contribution >= 4 is 17.4 Å². The molecule has 0 saturated heterocycles. The second-order valence-corrected chi connectivity index (χ2v) is 8.00. The Hall–Kier alpha value is -2.87. The number of rotatable bonds is 3. The normalized spacial score (nSPS) is 25.6. The van der Waals surface area contributed by atoms with Crippen molar-refractivity contribution in [2.75, 3.05) is 7.11 Å². The second-order valence-electron chi connectivity index (χ2n) is 7.56. The molecule has 2 aliphatic rings. The minimum Gasteiger partial charge on any atom is -0.476 e. The summed E-state index contributed by atoms with van der Waals surface area (Å²) < 4.78 is 32.6. The van der Waals surface area contributed by atoms with E-state index in [1.807, 2.05) is 30.3 Å². The molecule has 0 bridgehead atoms. The first-order valence-corrected chi connectivity index (χ1v) is 10.2. The Bertz CT molecular complexity index is 1140. The van der Waals surface area contributed by atoms with Gasteiger partial charge in [-0.05, 0) is 11.1 Å². The van der Waals surface area contributed by atoms with Gasteiger partial charge in [0.1, 0.15) is 11.4 Å². The molecule has 3 atom stereocenters. The van der Waals surface area contributed by atoms with E-state index in [0.29, 0.717) is 10.6 Å². The third-order valence-corrected chi connectivity index (χ3v) is 6.25. The maximum absolute atomic E-state index is 13.2. The van der Waals surface area contributed by atoms with Gasteiger partial charge in [-0.25, -0.2) is 8.78 Å². The number of alkyl halides is 2. The minimum atomic E-state index is -2.63. The number of hydrogen-bond acceptors (Lipinski definition) is 5. The number of Topliss-reactive ketones (excluding diaryl/α,β-unsaturated/α-hetero) is 1. The molecule has 3 aromatic rings. The molecule has 1 aliphatic carbocycles. The molecule has 2 heterocycles. The highest BCUT2D eigenvalue weighted by molar-refractivity contribution is 6.30. The number of nitrogens with zero attached hydrogens (tertiary/aromatic N) is 1. The van der Waals surface area contributed by atoms with Crippen LogP contribution in [-0.4, -0.2) is 28.1 Å². The number of carbonyl (C=O) groups is 1. The summed E-state index contributed by atoms with van der Waals surface area (Å²) in [5, 5.41) is 19.1. The smallest absolute Gasteiger partial charge is 0.263 e. The molecule has 3 unspecified atom stereocenters. The van der Waals surface area contributed by atoms with Crippen LogP contribution in [0.15, 0.2) is 66.9 Å². The van der Waals surface area contributed by atoms with Gasteiger partial charge in [0.05, 0.1) is 5.02 Å². The van der Waals surface area contributed by atoms with Crippen molar-refractivity contribution in [2.24, 2.45) is 0 Å². The third-order valence-electron chi connectivity index (χ3n) is 6.05. The summed E-state index contributed by atoms with van der Waals surface area (Å²) >= 11 is 6.07. The molecule has 1 aromatic heterocycles. The highest BCUT2D eigenvalue weighted by Gasteiger charge is 2.73. The van der Waals surface area contributed by atoms with Crippen molar-refractivity contribution in [3.8, 4) is 5.75 Å². The van der Waals surface area contributed by atoms with Gasteiger partial charge in [0.2, 0.25) is 5.60 Å². The summed E-state index contributed by atoms with van der Waals surface area (Å²) in [4.78, 5) is 17.5. The average molecular weight is 460 g/mol. The second kappa shape index (κ2) is 8.24. The monoisotopic (exact) mass is 459 g/mol. The Morgan fingerprint density at radius 1 is 1.12 bits per heavy atom. The zero-order valence-electron chi connectivity index (χ0n) is 17.0. The van der Waals surface area contributed by atoms with Crippen molar-refractivity contribution in [2.45, 2.75) is 30.0 Å². The van der Waals surface area contributed by atoms with Crippen LogP contribution in [0.25, 0.3) is 0 Å². The van der Waals surface area contributed by atoms with E-state index in [1.165, 1.54) is 36.5 Å². The topological polar surface area (TPSA) is 79.7 Å². The van der Waals surface area contributed by atoms with Gasteiger partial charge >= 0.3 is 0 Å². The Kier molecular flexibility index (Phi) is 5.75. The van der Waals surface area contributed by atoms with Gasteiger partial charge in [0.15, 0.2) is 11.4 Å². The zero-order valence-corrected chi connectivity index (χ0v) is 17.8. The lowest BCUT2D eigenvalue weighted by Gasteiger charge is -2.38. The largest absolute Gasteiger partial charge is 0.476 e. The molecule has 8 heteroatoms. The molecule has 0 spiro atoms. The van der Waals surface area contributed by atoms with Gasteiger partial charge in [-0.15, -0.1) is 0 Å². The molecule has 5 rings (SSSR count). The fraction of sp³-hybridized carbons (Fsp3) is 0.250. The number of hydrogen-bond donors (Lipinski definition) is 2. The summed E-state index contributed by atoms with van der Waals surface area (Å²) in [5.74, 6) is -0.790. The molecule has 1 aliphatic heterocycles. The minimum absolute atomic E-state index is 0.0147. The lowest BCUT2D eigenvalue weighted by molar-refractivity contribution is -0.151. The molecule has 0 radical (unpaired) electrons. The molecule has 32 heavy (non-hydrogen) atoms. The van der Waals surface area contributed by atoms with Gasteiger partial charge in [-0.3, -0.25) is 9.78 Å². The third kappa shape index (κ3) is 3.03. The van der Waals surface area contributed by atoms with E-state index >= 15 is 0 Å². The number of aliphatic hydroxyl groups is 2. The van der Waals surface area contributed by atoms with Crippen LogP contribution in [0.3, 0.4) is 0 Å². The summed E-state index contributed by atoms with van der Waals surface area (Å²) in [6.07, 6.45) is -1.27. The fourth-order valence-corrected chi connectivity index (χ4v) is 4.86. The first-order chi connectivity index (χ1) is 15.4. The van der Waals surface area contributed by atoms with Crippen LogP contribution >= 0.6 is 11.6 Å². The molecule has 0 amide bonds. The van der Waals surface area contributed by atoms with Crippen LogP contribution in [0, 0.1) is 0 Å². The Morgan fingerprint density at radius 3 is 2.41 bits per heavy atom. The van der Waals surface area contributed by atoms with E-state index in [1.54, 1.807) is 0 Å². The van der Waals surface area contributed by atoms with E-state index in [-0.39, 0.29) is 23.4 Å². The Morgan fingerprint density at radius 2 is 1.78 bits per heavy atom. The highest BCUT2D eigenvalue weighted by Crippen LogP contribution is 2.64. The van der Waals surface area contributed by atoms with Gasteiger partial charge < -0.3 is 14.9 Å². The molecule has 2 N–H and O–H groups in total. The SMILES string of the molecule is CO.O=C1CC(c2ccccc2)C2(c3ccc(C(F)F)cc3)Oc3cc(Cl)cnc3C12O. The highest BCUT2D eigenvalue weighted by atomic mass is 35.5. The van der Waals surface area contributed by atoms with E-state index in [2.05, 4.69) is 4.98 Å². The van der Waals surface area contributed by atoms with Gasteiger partial charge in [-0.1, -0.05) is 66.2 Å². The molecular formula is C24H20ClF2NO4. The number of ketones is 1. The average Bonchev–Trinajstić information content (AvgIpc) is 3.21. The number of pyridine rings is 1. The molecule has 5 nitrogen and oxygen atoms in total. The predicted octanol–water partition coefficient (Wildman–Crippen LogP) is 4.51. The van der Waals surface area contributed by atoms with Gasteiger partial charge in [-0.2, -0.15) is 0 Å². The van der Waals surface area contributed by atoms with E-state index in [0.717, 1.165) is 12.7 Å². The standard InChI is InChI=1S/C23H16ClF2NO3.CH4O/c24-16-10-18-20(27-12-16)22(29)19(28)11-17(13-4-2-1-3-5-13)23(22,30-18)15-8-6-14(7-9-15)21(25)26;1-2/h1-10,12,17,21,29H,11H2;2H,1H3. The predicted molar refractivity (Wildman–Crippen MR) is 114 cm³/mol. The van der Waals surface area contributed by atoms with E-state index < -0.39 is 29.3 Å². The lowest BCUT2D eigenvalue weighted by Crippen LogP contribution is -2.51. The summed E-state index contributed by atoms with van der Waals surface area (Å²) in [5.41, 5.74) is -2.47. The van der Waals surface area contributed by atoms with Crippen molar-refractivity contribution in [1.29, 1.82) is 0 Å². The summed E-state index contributed by atoms with van der Waals surface area (Å²) in [6.45, 7) is 0. The number of ether oxygens (including phenoxy) is 1. The van der Waals surface area contributed by atoms with Crippen LogP contribution in [0.1, 0.15) is 41.1 Å². The Balaban J connectivity index is 0.00000119. The summed E-state index contributed by atoms with van der Waals surface area (Å²) in [6, 6.07) is 16.3. The molecule has 1 fully saturated rings. The first kappa shape index (κ1) is 22.3. The number of fused-ring (bicyclic) bond motifs is 3. The zero-order chi connectivity index (χ0) is 23.1. The quantitative estimate of drug-likeness (QED) is 0.602. The maximum atomic E-state index is 13.2. The van der Waals surface area contributed by atoms with E-state index in [9.17, 15) is 18.7 Å². The number of aromatic nitrogens is 1. The lowest BCUT2D eigenvalue weighted by atomic mass is 9.72. The van der Waals surface area contributed by atoms with Crippen LogP contribution in [0.2, 0.25) is 5.02 Å². The first-order valence-electron chi connectivity index (χ1n) is 9.87. The number of carbonyl (C=O) groups excluding carboxylic acids is 1. The van der Waals surface area contributed by atoms with E-state index in [4.69, 9.17) is 21.4 Å². The summed E-state index contributed by atoms with van der Waals surface area (Å²) in [7, 11) is 1.00. The molecule has 2 aromatic carbocycles. The van der Waals surface area contributed by atoms with Gasteiger partial charge in [0.25, 0.3) is 6.43 Å². The van der Waals surface area contributed by atoms with Crippen LogP contribution in [-0.2, 0) is 16.0 Å². The van der Waals surface area contributed by atoms with Crippen molar-refractivity contribution in [3.63, 3.8) is 0 Å². The number of aliphatic hydroxyl groups excluding tert-OH is 1. The van der Waals surface area contributed by atoms with Crippen LogP contribution in [0.5, 0.6) is 5.75 Å². The van der Waals surface area contributed by atoms with Crippen molar-refractivity contribution < 1.29 is 28.5 Å². The number of benzene rings is 2. The molecule has 166 valence electrons. The van der Waals surface area contributed by atoms with Gasteiger partial charge in [0, 0.05) is 37.3 Å². The van der Waals surface area contributed by atoms with Crippen molar-refractivity contribution in [1.82, 2.24) is 4.98 Å². The van der Waals surface area contributed by atoms with Crippen molar-refractivity contribution in [3.05, 3.63) is 94.3 Å². The van der Waals surface area contributed by atoms with Crippen LogP contribution < -0.4 is 4.74 Å².